The van der Waals surface area contributed by atoms with Crippen LogP contribution < -0.4 is 0 Å². The van der Waals surface area contributed by atoms with Crippen molar-refractivity contribution in [3.8, 4) is 11.1 Å². The molecule has 220 valence electrons. The highest BCUT2D eigenvalue weighted by atomic mass is 14.7. The van der Waals surface area contributed by atoms with Crippen LogP contribution in [0.25, 0.3) is 11.1 Å². The number of benzene rings is 2. The standard InChI is InChI=1S/C40H60/c1-7-11-31(12-8-2)17-19-33-25-39-27-34(20-18-32(13-9-3)14-10-4)28-40(39,26-33)38-24-30(6)16-22-36(38)35-21-15-29(5)23-37(35)39/h15-16,21-24,31-34H,7-14,17-20,25-28H2,1-6H3. The Morgan fingerprint density at radius 1 is 0.550 bits per heavy atom. The predicted molar refractivity (Wildman–Crippen MR) is 175 cm³/mol. The third-order valence-corrected chi connectivity index (χ3v) is 11.9. The van der Waals surface area contributed by atoms with E-state index in [2.05, 4.69) is 77.9 Å². The zero-order valence-electron chi connectivity index (χ0n) is 27.1. The summed E-state index contributed by atoms with van der Waals surface area (Å²) in [6, 6.07) is 15.0. The minimum Gasteiger partial charge on any atom is -0.0654 e. The molecule has 0 unspecified atom stereocenters. The van der Waals surface area contributed by atoms with E-state index in [-0.39, 0.29) is 0 Å². The molecule has 0 saturated heterocycles. The fourth-order valence-electron chi connectivity index (χ4n) is 10.4. The molecule has 0 bridgehead atoms. The fourth-order valence-corrected chi connectivity index (χ4v) is 10.4. The van der Waals surface area contributed by atoms with Crippen molar-refractivity contribution >= 4 is 0 Å². The van der Waals surface area contributed by atoms with Gasteiger partial charge in [0.15, 0.2) is 0 Å². The molecule has 0 N–H and O–H groups in total. The average Bonchev–Trinajstić information content (AvgIpc) is 3.42. The zero-order chi connectivity index (χ0) is 28.3. The molecule has 0 heterocycles. The van der Waals surface area contributed by atoms with Gasteiger partial charge in [-0.2, -0.15) is 0 Å². The number of hydrogen-bond donors (Lipinski definition) is 0. The van der Waals surface area contributed by atoms with Gasteiger partial charge in [0.1, 0.15) is 0 Å². The zero-order valence-corrected chi connectivity index (χ0v) is 27.1. The molecule has 3 aliphatic carbocycles. The van der Waals surface area contributed by atoms with E-state index >= 15 is 0 Å². The van der Waals surface area contributed by atoms with Gasteiger partial charge in [-0.25, -0.2) is 0 Å². The molecular formula is C40H60. The first-order valence-corrected chi connectivity index (χ1v) is 17.6. The molecule has 2 aromatic carbocycles. The average molecular weight is 541 g/mol. The van der Waals surface area contributed by atoms with Crippen LogP contribution in [-0.2, 0) is 10.8 Å². The number of rotatable bonds is 14. The van der Waals surface area contributed by atoms with E-state index in [9.17, 15) is 0 Å². The summed E-state index contributed by atoms with van der Waals surface area (Å²) in [5.41, 5.74) is 10.2. The largest absolute Gasteiger partial charge is 0.0654 e. The Labute approximate surface area is 248 Å². The summed E-state index contributed by atoms with van der Waals surface area (Å²) in [6.07, 6.45) is 22.7. The second-order valence-corrected chi connectivity index (χ2v) is 14.9. The lowest BCUT2D eigenvalue weighted by Gasteiger charge is -2.48. The minimum atomic E-state index is 0.348. The molecule has 0 atom stereocenters. The molecule has 0 heteroatoms. The summed E-state index contributed by atoms with van der Waals surface area (Å²) in [5.74, 6) is 3.64. The van der Waals surface area contributed by atoms with E-state index in [0.29, 0.717) is 10.8 Å². The third-order valence-electron chi connectivity index (χ3n) is 11.9. The van der Waals surface area contributed by atoms with Gasteiger partial charge >= 0.3 is 0 Å². The lowest BCUT2D eigenvalue weighted by molar-refractivity contribution is 0.299. The second-order valence-electron chi connectivity index (χ2n) is 14.9. The molecule has 5 rings (SSSR count). The van der Waals surface area contributed by atoms with Crippen LogP contribution in [0.15, 0.2) is 36.4 Å². The van der Waals surface area contributed by atoms with E-state index in [1.807, 2.05) is 0 Å². The summed E-state index contributed by atoms with van der Waals surface area (Å²) >= 11 is 0. The van der Waals surface area contributed by atoms with E-state index in [0.717, 1.165) is 23.7 Å². The summed E-state index contributed by atoms with van der Waals surface area (Å²) < 4.78 is 0. The van der Waals surface area contributed by atoms with Gasteiger partial charge in [0.25, 0.3) is 0 Å². The van der Waals surface area contributed by atoms with Crippen molar-refractivity contribution < 1.29 is 0 Å². The Hall–Kier alpha value is -1.56. The number of hydrogen-bond acceptors (Lipinski definition) is 0. The minimum absolute atomic E-state index is 0.348. The van der Waals surface area contributed by atoms with Gasteiger partial charge in [-0.05, 0) is 85.5 Å². The maximum atomic E-state index is 2.64. The molecule has 2 aromatic rings. The molecule has 40 heavy (non-hydrogen) atoms. The van der Waals surface area contributed by atoms with Crippen LogP contribution >= 0.6 is 0 Å². The van der Waals surface area contributed by atoms with Crippen molar-refractivity contribution in [2.24, 2.45) is 23.7 Å². The predicted octanol–water partition coefficient (Wildman–Crippen LogP) is 12.3. The van der Waals surface area contributed by atoms with Crippen LogP contribution in [0.5, 0.6) is 0 Å². The van der Waals surface area contributed by atoms with E-state index < -0.39 is 0 Å². The lowest BCUT2D eigenvalue weighted by Crippen LogP contribution is -2.43. The Bertz CT molecular complexity index is 1010. The Morgan fingerprint density at radius 3 is 1.23 bits per heavy atom. The van der Waals surface area contributed by atoms with Gasteiger partial charge < -0.3 is 0 Å². The first-order chi connectivity index (χ1) is 19.4. The highest BCUT2D eigenvalue weighted by molar-refractivity contribution is 5.79. The first-order valence-electron chi connectivity index (χ1n) is 17.6. The van der Waals surface area contributed by atoms with Crippen molar-refractivity contribution in [1.29, 1.82) is 0 Å². The smallest absolute Gasteiger partial charge is 0.00617 e. The van der Waals surface area contributed by atoms with Crippen LogP contribution in [0.4, 0.5) is 0 Å². The van der Waals surface area contributed by atoms with E-state index in [1.165, 1.54) is 114 Å². The Kier molecular flexibility index (Phi) is 9.54. The van der Waals surface area contributed by atoms with Gasteiger partial charge in [0, 0.05) is 10.8 Å². The second kappa shape index (κ2) is 12.8. The molecule has 0 amide bonds. The molecule has 0 radical (unpaired) electrons. The fraction of sp³-hybridized carbons (Fsp3) is 0.700. The van der Waals surface area contributed by atoms with E-state index in [4.69, 9.17) is 0 Å². The lowest BCUT2D eigenvalue weighted by atomic mass is 9.55. The van der Waals surface area contributed by atoms with Crippen molar-refractivity contribution in [3.05, 3.63) is 58.7 Å². The monoisotopic (exact) mass is 540 g/mol. The molecule has 0 nitrogen and oxygen atoms in total. The van der Waals surface area contributed by atoms with Crippen LogP contribution in [0.2, 0.25) is 0 Å². The first kappa shape index (κ1) is 29.9. The van der Waals surface area contributed by atoms with Crippen molar-refractivity contribution in [1.82, 2.24) is 0 Å². The van der Waals surface area contributed by atoms with Crippen LogP contribution in [0.3, 0.4) is 0 Å². The Balaban J connectivity index is 1.51. The Morgan fingerprint density at radius 2 is 0.900 bits per heavy atom. The summed E-state index contributed by atoms with van der Waals surface area (Å²) in [7, 11) is 0. The van der Waals surface area contributed by atoms with Gasteiger partial charge in [-0.3, -0.25) is 0 Å². The van der Waals surface area contributed by atoms with Gasteiger partial charge in [0.05, 0.1) is 0 Å². The van der Waals surface area contributed by atoms with Crippen LogP contribution in [0.1, 0.15) is 153 Å². The quantitative estimate of drug-likeness (QED) is 0.223. The van der Waals surface area contributed by atoms with Crippen molar-refractivity contribution in [3.63, 3.8) is 0 Å². The molecule has 2 fully saturated rings. The van der Waals surface area contributed by atoms with Crippen LogP contribution in [-0.4, -0.2) is 0 Å². The molecular weight excluding hydrogens is 480 g/mol. The maximum absolute atomic E-state index is 2.64. The number of aryl methyl sites for hydroxylation is 2. The van der Waals surface area contributed by atoms with Crippen LogP contribution in [0, 0.1) is 37.5 Å². The molecule has 0 spiro atoms. The third kappa shape index (κ3) is 5.47. The van der Waals surface area contributed by atoms with E-state index in [1.54, 1.807) is 22.3 Å². The summed E-state index contributed by atoms with van der Waals surface area (Å²) in [5, 5.41) is 0. The summed E-state index contributed by atoms with van der Waals surface area (Å²) in [6.45, 7) is 14.2. The van der Waals surface area contributed by atoms with Gasteiger partial charge in [0.2, 0.25) is 0 Å². The molecule has 0 aromatic heterocycles. The normalized spacial score (nSPS) is 26.7. The highest BCUT2D eigenvalue weighted by Gasteiger charge is 2.66. The highest BCUT2D eigenvalue weighted by Crippen LogP contribution is 2.72. The molecule has 0 aliphatic heterocycles. The van der Waals surface area contributed by atoms with Crippen molar-refractivity contribution in [2.75, 3.05) is 0 Å². The molecule has 3 aliphatic rings. The molecule has 2 saturated carbocycles. The van der Waals surface area contributed by atoms with Crippen molar-refractivity contribution in [2.45, 2.75) is 155 Å². The SMILES string of the molecule is CCCC(CCC)CCC1CC23CC(CCC(CCC)CCC)CC2(C1)c1cc(C)ccc1-c1ccc(C)cc13. The topological polar surface area (TPSA) is 0 Å². The van der Waals surface area contributed by atoms with Gasteiger partial charge in [-0.1, -0.05) is 152 Å². The van der Waals surface area contributed by atoms with Gasteiger partial charge in [-0.15, -0.1) is 0 Å². The maximum Gasteiger partial charge on any atom is 0.00617 e. The summed E-state index contributed by atoms with van der Waals surface area (Å²) in [4.78, 5) is 0. The number of fused-ring (bicyclic) bond motifs is 3.